The average molecular weight is 431 g/mol. The number of aliphatic hydroxyl groups excluding tert-OH is 2. The Kier molecular flexibility index (Phi) is 16.4. The molecule has 0 aromatic rings. The number of methoxy groups -OCH3 is 3. The molecule has 178 valence electrons. The van der Waals surface area contributed by atoms with Gasteiger partial charge < -0.3 is 29.2 Å². The number of rotatable bonds is 12. The number of aliphatic hydroxyl groups is 2. The summed E-state index contributed by atoms with van der Waals surface area (Å²) >= 11 is 0. The van der Waals surface area contributed by atoms with E-state index in [0.717, 1.165) is 38.4 Å². The first-order chi connectivity index (χ1) is 14.4. The molecular weight excluding hydrogens is 384 g/mol. The number of ether oxygens (including phenoxy) is 4. The van der Waals surface area contributed by atoms with Gasteiger partial charge in [-0.25, -0.2) is 0 Å². The van der Waals surface area contributed by atoms with Crippen molar-refractivity contribution in [2.45, 2.75) is 83.9 Å². The van der Waals surface area contributed by atoms with E-state index in [4.69, 9.17) is 24.1 Å². The van der Waals surface area contributed by atoms with Crippen molar-refractivity contribution in [1.29, 1.82) is 0 Å². The van der Waals surface area contributed by atoms with E-state index in [0.29, 0.717) is 12.5 Å². The third-order valence-electron chi connectivity index (χ3n) is 6.02. The predicted octanol–water partition coefficient (Wildman–Crippen LogP) is 3.75. The summed E-state index contributed by atoms with van der Waals surface area (Å²) in [6.45, 7) is 9.04. The highest BCUT2D eigenvalue weighted by molar-refractivity contribution is 5.17. The van der Waals surface area contributed by atoms with Gasteiger partial charge in [0.05, 0.1) is 31.0 Å². The second kappa shape index (κ2) is 16.9. The lowest BCUT2D eigenvalue weighted by atomic mass is 9.91. The molecule has 1 aliphatic rings. The fourth-order valence-corrected chi connectivity index (χ4v) is 3.87. The maximum atomic E-state index is 10.5. The van der Waals surface area contributed by atoms with Crippen molar-refractivity contribution in [3.05, 3.63) is 23.8 Å². The lowest BCUT2D eigenvalue weighted by molar-refractivity contribution is -0.129. The van der Waals surface area contributed by atoms with Crippen molar-refractivity contribution >= 4 is 0 Å². The van der Waals surface area contributed by atoms with Gasteiger partial charge >= 0.3 is 0 Å². The molecule has 0 saturated carbocycles. The van der Waals surface area contributed by atoms with E-state index >= 15 is 0 Å². The van der Waals surface area contributed by atoms with Crippen LogP contribution >= 0.6 is 0 Å². The van der Waals surface area contributed by atoms with Gasteiger partial charge in [-0.2, -0.15) is 0 Å². The van der Waals surface area contributed by atoms with E-state index in [2.05, 4.69) is 39.8 Å². The molecular formula is C24H46O6. The van der Waals surface area contributed by atoms with E-state index < -0.39 is 0 Å². The summed E-state index contributed by atoms with van der Waals surface area (Å²) < 4.78 is 22.4. The molecule has 1 rings (SSSR count). The summed E-state index contributed by atoms with van der Waals surface area (Å²) in [7, 11) is 6.19. The van der Waals surface area contributed by atoms with E-state index in [1.807, 2.05) is 6.08 Å². The molecule has 1 fully saturated rings. The Hall–Kier alpha value is -0.760. The fraction of sp³-hybridized carbons (Fsp3) is 0.833. The highest BCUT2D eigenvalue weighted by atomic mass is 16.6. The minimum absolute atomic E-state index is 0.000136. The molecule has 0 aromatic heterocycles. The van der Waals surface area contributed by atoms with Crippen LogP contribution in [0, 0.1) is 11.8 Å². The molecule has 0 amide bonds. The van der Waals surface area contributed by atoms with Crippen molar-refractivity contribution < 1.29 is 29.2 Å². The monoisotopic (exact) mass is 430 g/mol. The van der Waals surface area contributed by atoms with Crippen LogP contribution in [0.4, 0.5) is 0 Å². The highest BCUT2D eigenvalue weighted by Crippen LogP contribution is 2.25. The van der Waals surface area contributed by atoms with Gasteiger partial charge in [0.1, 0.15) is 6.10 Å². The molecule has 0 aromatic carbocycles. The van der Waals surface area contributed by atoms with Gasteiger partial charge in [0.15, 0.2) is 0 Å². The lowest BCUT2D eigenvalue weighted by Gasteiger charge is -2.35. The summed E-state index contributed by atoms with van der Waals surface area (Å²) in [5.74, 6) is 0.551. The van der Waals surface area contributed by atoms with Crippen molar-refractivity contribution in [3.63, 3.8) is 0 Å². The SMILES string of the molecule is CCC(OC)C(C)CCC(O)C(C)/C=C/C=C(\C)C1OCC(OC)CC1OC.CO. The molecule has 6 heteroatoms. The first-order valence-corrected chi connectivity index (χ1v) is 11.1. The van der Waals surface area contributed by atoms with Crippen molar-refractivity contribution in [2.75, 3.05) is 35.0 Å². The molecule has 0 spiro atoms. The van der Waals surface area contributed by atoms with E-state index in [1.54, 1.807) is 21.3 Å². The van der Waals surface area contributed by atoms with Gasteiger partial charge in [0.2, 0.25) is 0 Å². The number of allylic oxidation sites excluding steroid dienone is 2. The van der Waals surface area contributed by atoms with Crippen LogP contribution in [-0.4, -0.2) is 75.8 Å². The molecule has 1 saturated heterocycles. The van der Waals surface area contributed by atoms with Crippen LogP contribution in [0.1, 0.15) is 53.4 Å². The molecule has 6 nitrogen and oxygen atoms in total. The van der Waals surface area contributed by atoms with Gasteiger partial charge in [-0.3, -0.25) is 0 Å². The summed E-state index contributed by atoms with van der Waals surface area (Å²) in [6.07, 6.45) is 9.70. The number of hydrogen-bond acceptors (Lipinski definition) is 6. The maximum Gasteiger partial charge on any atom is 0.105 e. The van der Waals surface area contributed by atoms with Crippen LogP contribution in [0.5, 0.6) is 0 Å². The maximum absolute atomic E-state index is 10.5. The first-order valence-electron chi connectivity index (χ1n) is 11.1. The van der Waals surface area contributed by atoms with Gasteiger partial charge in [-0.1, -0.05) is 39.0 Å². The second-order valence-electron chi connectivity index (χ2n) is 8.08. The molecule has 0 aliphatic carbocycles. The van der Waals surface area contributed by atoms with Gasteiger partial charge in [0, 0.05) is 40.8 Å². The highest BCUT2D eigenvalue weighted by Gasteiger charge is 2.32. The van der Waals surface area contributed by atoms with Crippen molar-refractivity contribution in [1.82, 2.24) is 0 Å². The number of hydrogen-bond donors (Lipinski definition) is 2. The second-order valence-corrected chi connectivity index (χ2v) is 8.08. The summed E-state index contributed by atoms with van der Waals surface area (Å²) in [6, 6.07) is 0. The Labute approximate surface area is 184 Å². The standard InChI is InChI=1S/C23H42O5.CH4O/c1-8-21(26-6)17(3)12-13-20(24)16(2)10-9-11-18(4)23-22(27-7)14-19(25-5)15-28-23;1-2/h9-11,16-17,19-24H,8,12-15H2,1-7H3;2H,1H3/b10-9+,18-11+;. The van der Waals surface area contributed by atoms with Gasteiger partial charge in [-0.15, -0.1) is 0 Å². The lowest BCUT2D eigenvalue weighted by Crippen LogP contribution is -2.43. The molecule has 0 bridgehead atoms. The van der Waals surface area contributed by atoms with Crippen LogP contribution in [0.3, 0.4) is 0 Å². The molecule has 30 heavy (non-hydrogen) atoms. The van der Waals surface area contributed by atoms with Crippen molar-refractivity contribution in [3.8, 4) is 0 Å². The summed E-state index contributed by atoms with van der Waals surface area (Å²) in [5.41, 5.74) is 1.12. The Morgan fingerprint density at radius 1 is 1.13 bits per heavy atom. The van der Waals surface area contributed by atoms with Crippen LogP contribution in [0.25, 0.3) is 0 Å². The largest absolute Gasteiger partial charge is 0.400 e. The zero-order valence-corrected chi connectivity index (χ0v) is 20.3. The van der Waals surface area contributed by atoms with Gasteiger partial charge in [-0.05, 0) is 37.7 Å². The molecule has 0 radical (unpaired) electrons. The first kappa shape index (κ1) is 29.2. The Morgan fingerprint density at radius 2 is 1.80 bits per heavy atom. The quantitative estimate of drug-likeness (QED) is 0.459. The Balaban J connectivity index is 0.00000407. The Morgan fingerprint density at radius 3 is 2.33 bits per heavy atom. The van der Waals surface area contributed by atoms with Gasteiger partial charge in [0.25, 0.3) is 0 Å². The summed E-state index contributed by atoms with van der Waals surface area (Å²) in [5, 5.41) is 17.5. The van der Waals surface area contributed by atoms with Crippen LogP contribution in [0.2, 0.25) is 0 Å². The Bertz CT molecular complexity index is 474. The zero-order chi connectivity index (χ0) is 23.1. The third-order valence-corrected chi connectivity index (χ3v) is 6.02. The predicted molar refractivity (Wildman–Crippen MR) is 122 cm³/mol. The minimum Gasteiger partial charge on any atom is -0.400 e. The topological polar surface area (TPSA) is 77.4 Å². The van der Waals surface area contributed by atoms with Crippen LogP contribution < -0.4 is 0 Å². The molecule has 2 N–H and O–H groups in total. The van der Waals surface area contributed by atoms with E-state index in [9.17, 15) is 5.11 Å². The molecule has 1 heterocycles. The fourth-order valence-electron chi connectivity index (χ4n) is 3.87. The minimum atomic E-state index is -0.345. The molecule has 1 aliphatic heterocycles. The van der Waals surface area contributed by atoms with E-state index in [1.165, 1.54) is 0 Å². The molecule has 7 atom stereocenters. The summed E-state index contributed by atoms with van der Waals surface area (Å²) in [4.78, 5) is 0. The van der Waals surface area contributed by atoms with E-state index in [-0.39, 0.29) is 36.4 Å². The normalized spacial score (nSPS) is 26.6. The zero-order valence-electron chi connectivity index (χ0n) is 20.3. The van der Waals surface area contributed by atoms with Crippen molar-refractivity contribution in [2.24, 2.45) is 11.8 Å². The van der Waals surface area contributed by atoms with Crippen LogP contribution in [-0.2, 0) is 18.9 Å². The van der Waals surface area contributed by atoms with Crippen LogP contribution in [0.15, 0.2) is 23.8 Å². The third kappa shape index (κ3) is 10.0. The molecule has 7 unspecified atom stereocenters. The smallest absolute Gasteiger partial charge is 0.105 e. The average Bonchev–Trinajstić information content (AvgIpc) is 2.78.